The molecule has 0 aliphatic rings. The summed E-state index contributed by atoms with van der Waals surface area (Å²) in [6.45, 7) is 0. The smallest absolute Gasteiger partial charge is 0.177 e. The average molecular weight is 298 g/mol. The number of pyridine rings is 1. The first kappa shape index (κ1) is 14.2. The number of hydrogen-bond donors (Lipinski definition) is 2. The third kappa shape index (κ3) is 2.81. The van der Waals surface area contributed by atoms with Crippen molar-refractivity contribution in [1.82, 2.24) is 15.0 Å². The monoisotopic (exact) mass is 298 g/mol. The van der Waals surface area contributed by atoms with E-state index in [2.05, 4.69) is 15.0 Å². The molecule has 0 spiro atoms. The van der Waals surface area contributed by atoms with Crippen molar-refractivity contribution in [3.8, 4) is 11.5 Å². The number of methoxy groups -OCH3 is 2. The largest absolute Gasteiger partial charge is 0.493 e. The van der Waals surface area contributed by atoms with E-state index in [-0.39, 0.29) is 0 Å². The van der Waals surface area contributed by atoms with E-state index in [1.165, 1.54) is 0 Å². The zero-order valence-electron chi connectivity index (χ0n) is 12.6. The molecule has 0 bridgehead atoms. The molecular formula is C16H18N4O2. The Balaban J connectivity index is 1.76. The Labute approximate surface area is 128 Å². The highest BCUT2D eigenvalue weighted by atomic mass is 16.5. The lowest BCUT2D eigenvalue weighted by molar-refractivity contribution is 0.354. The van der Waals surface area contributed by atoms with Gasteiger partial charge >= 0.3 is 0 Å². The van der Waals surface area contributed by atoms with Gasteiger partial charge in [-0.3, -0.25) is 0 Å². The molecule has 6 heteroatoms. The summed E-state index contributed by atoms with van der Waals surface area (Å²) in [6, 6.07) is 7.77. The van der Waals surface area contributed by atoms with Gasteiger partial charge in [0.2, 0.25) is 0 Å². The topological polar surface area (TPSA) is 86.0 Å². The van der Waals surface area contributed by atoms with Gasteiger partial charge in [0, 0.05) is 6.42 Å². The average Bonchev–Trinajstić information content (AvgIpc) is 2.94. The standard InChI is InChI=1S/C16H18N4O2/c1-21-13-5-3-10(7-14(13)22-2)4-6-15-19-12-8-11(17)9-18-16(12)20-15/h3,5,7-9H,4,6,17H2,1-2H3,(H,18,19,20). The zero-order valence-corrected chi connectivity index (χ0v) is 12.6. The molecule has 6 nitrogen and oxygen atoms in total. The highest BCUT2D eigenvalue weighted by Gasteiger charge is 2.07. The lowest BCUT2D eigenvalue weighted by atomic mass is 10.1. The summed E-state index contributed by atoms with van der Waals surface area (Å²) in [4.78, 5) is 11.9. The Kier molecular flexibility index (Phi) is 3.82. The fourth-order valence-corrected chi connectivity index (χ4v) is 2.38. The number of anilines is 1. The van der Waals surface area contributed by atoms with Crippen molar-refractivity contribution < 1.29 is 9.47 Å². The van der Waals surface area contributed by atoms with Crippen LogP contribution in [0.15, 0.2) is 30.5 Å². The minimum absolute atomic E-state index is 0.627. The maximum Gasteiger partial charge on any atom is 0.177 e. The minimum Gasteiger partial charge on any atom is -0.493 e. The van der Waals surface area contributed by atoms with E-state index in [1.54, 1.807) is 20.4 Å². The van der Waals surface area contributed by atoms with Crippen molar-refractivity contribution in [2.24, 2.45) is 0 Å². The van der Waals surface area contributed by atoms with Gasteiger partial charge in [-0.15, -0.1) is 0 Å². The number of H-pyrrole nitrogens is 1. The molecule has 0 fully saturated rings. The van der Waals surface area contributed by atoms with Crippen molar-refractivity contribution in [1.29, 1.82) is 0 Å². The van der Waals surface area contributed by atoms with Crippen molar-refractivity contribution in [2.45, 2.75) is 12.8 Å². The summed E-state index contributed by atoms with van der Waals surface area (Å²) < 4.78 is 10.6. The summed E-state index contributed by atoms with van der Waals surface area (Å²) >= 11 is 0. The van der Waals surface area contributed by atoms with Crippen molar-refractivity contribution >= 4 is 16.9 Å². The van der Waals surface area contributed by atoms with Crippen LogP contribution in [0, 0.1) is 0 Å². The summed E-state index contributed by atoms with van der Waals surface area (Å²) in [7, 11) is 3.27. The van der Waals surface area contributed by atoms with Crippen LogP contribution in [0.5, 0.6) is 11.5 Å². The SMILES string of the molecule is COc1ccc(CCc2nc3ncc(N)cc3[nH]2)cc1OC. The second kappa shape index (κ2) is 5.93. The lowest BCUT2D eigenvalue weighted by Gasteiger charge is -2.09. The van der Waals surface area contributed by atoms with E-state index in [1.807, 2.05) is 24.3 Å². The molecule has 2 heterocycles. The van der Waals surface area contributed by atoms with Gasteiger partial charge in [-0.05, 0) is 30.2 Å². The Morgan fingerprint density at radius 2 is 1.91 bits per heavy atom. The summed E-state index contributed by atoms with van der Waals surface area (Å²) in [5, 5.41) is 0. The van der Waals surface area contributed by atoms with E-state index in [4.69, 9.17) is 15.2 Å². The number of nitrogens with two attached hydrogens (primary N) is 1. The highest BCUT2D eigenvalue weighted by Crippen LogP contribution is 2.28. The first-order valence-electron chi connectivity index (χ1n) is 7.00. The molecule has 3 aromatic rings. The lowest BCUT2D eigenvalue weighted by Crippen LogP contribution is -1.96. The quantitative estimate of drug-likeness (QED) is 0.755. The molecule has 22 heavy (non-hydrogen) atoms. The van der Waals surface area contributed by atoms with E-state index in [0.29, 0.717) is 11.3 Å². The number of aryl methyl sites for hydroxylation is 2. The predicted octanol–water partition coefficient (Wildman–Crippen LogP) is 2.34. The first-order chi connectivity index (χ1) is 10.7. The van der Waals surface area contributed by atoms with Crippen LogP contribution in [0.4, 0.5) is 5.69 Å². The second-order valence-corrected chi connectivity index (χ2v) is 5.01. The molecule has 0 saturated carbocycles. The first-order valence-corrected chi connectivity index (χ1v) is 7.00. The number of nitrogen functional groups attached to an aromatic ring is 1. The Bertz CT molecular complexity index is 798. The van der Waals surface area contributed by atoms with Gasteiger partial charge in [0.05, 0.1) is 31.6 Å². The molecular weight excluding hydrogens is 280 g/mol. The number of benzene rings is 1. The van der Waals surface area contributed by atoms with Gasteiger partial charge in [-0.1, -0.05) is 6.07 Å². The molecule has 3 N–H and O–H groups in total. The van der Waals surface area contributed by atoms with Crippen LogP contribution >= 0.6 is 0 Å². The molecule has 114 valence electrons. The number of imidazole rings is 1. The van der Waals surface area contributed by atoms with Crippen molar-refractivity contribution in [3.05, 3.63) is 41.9 Å². The third-order valence-corrected chi connectivity index (χ3v) is 3.51. The van der Waals surface area contributed by atoms with Crippen LogP contribution in [0.1, 0.15) is 11.4 Å². The van der Waals surface area contributed by atoms with Crippen molar-refractivity contribution in [3.63, 3.8) is 0 Å². The maximum absolute atomic E-state index is 5.72. The Morgan fingerprint density at radius 1 is 1.09 bits per heavy atom. The number of fused-ring (bicyclic) bond motifs is 1. The van der Waals surface area contributed by atoms with Crippen LogP contribution in [0.25, 0.3) is 11.2 Å². The second-order valence-electron chi connectivity index (χ2n) is 5.01. The molecule has 2 aromatic heterocycles. The number of hydrogen-bond acceptors (Lipinski definition) is 5. The molecule has 0 aliphatic carbocycles. The fraction of sp³-hybridized carbons (Fsp3) is 0.250. The Hall–Kier alpha value is -2.76. The van der Waals surface area contributed by atoms with E-state index in [0.717, 1.165) is 41.2 Å². The normalized spacial score (nSPS) is 10.8. The van der Waals surface area contributed by atoms with Gasteiger partial charge in [0.25, 0.3) is 0 Å². The van der Waals surface area contributed by atoms with Crippen molar-refractivity contribution in [2.75, 3.05) is 20.0 Å². The minimum atomic E-state index is 0.627. The number of aromatic amines is 1. The maximum atomic E-state index is 5.72. The summed E-state index contributed by atoms with van der Waals surface area (Å²) in [5.41, 5.74) is 9.06. The van der Waals surface area contributed by atoms with Gasteiger partial charge in [-0.25, -0.2) is 9.97 Å². The molecule has 1 aromatic carbocycles. The number of nitrogens with zero attached hydrogens (tertiary/aromatic N) is 2. The van der Waals surface area contributed by atoms with Crippen LogP contribution < -0.4 is 15.2 Å². The predicted molar refractivity (Wildman–Crippen MR) is 85.3 cm³/mol. The van der Waals surface area contributed by atoms with Gasteiger partial charge in [0.1, 0.15) is 5.82 Å². The van der Waals surface area contributed by atoms with Crippen LogP contribution in [-0.4, -0.2) is 29.2 Å². The molecule has 0 atom stereocenters. The molecule has 0 amide bonds. The van der Waals surface area contributed by atoms with Crippen LogP contribution in [-0.2, 0) is 12.8 Å². The highest BCUT2D eigenvalue weighted by molar-refractivity contribution is 5.73. The van der Waals surface area contributed by atoms with Gasteiger partial charge < -0.3 is 20.2 Å². The number of ether oxygens (including phenoxy) is 2. The van der Waals surface area contributed by atoms with E-state index < -0.39 is 0 Å². The summed E-state index contributed by atoms with van der Waals surface area (Å²) in [6.07, 6.45) is 3.24. The number of rotatable bonds is 5. The van der Waals surface area contributed by atoms with E-state index >= 15 is 0 Å². The van der Waals surface area contributed by atoms with Gasteiger partial charge in [0.15, 0.2) is 17.1 Å². The zero-order chi connectivity index (χ0) is 15.5. The van der Waals surface area contributed by atoms with Crippen LogP contribution in [0.2, 0.25) is 0 Å². The van der Waals surface area contributed by atoms with E-state index in [9.17, 15) is 0 Å². The molecule has 3 rings (SSSR count). The number of nitrogens with one attached hydrogen (secondary N) is 1. The molecule has 0 unspecified atom stereocenters. The Morgan fingerprint density at radius 3 is 2.68 bits per heavy atom. The molecule has 0 saturated heterocycles. The number of aromatic nitrogens is 3. The van der Waals surface area contributed by atoms with Crippen LogP contribution in [0.3, 0.4) is 0 Å². The summed E-state index contributed by atoms with van der Waals surface area (Å²) in [5.74, 6) is 2.36. The third-order valence-electron chi connectivity index (χ3n) is 3.51. The van der Waals surface area contributed by atoms with Gasteiger partial charge in [-0.2, -0.15) is 0 Å². The molecule has 0 radical (unpaired) electrons. The molecule has 0 aliphatic heterocycles. The fourth-order valence-electron chi connectivity index (χ4n) is 2.38.